The molecule has 9 heteroatoms. The maximum absolute atomic E-state index is 5.86. The minimum atomic E-state index is 0.286. The van der Waals surface area contributed by atoms with Crippen LogP contribution in [0.5, 0.6) is 0 Å². The summed E-state index contributed by atoms with van der Waals surface area (Å²) in [5, 5.41) is 25.2. The molecule has 29 heavy (non-hydrogen) atoms. The van der Waals surface area contributed by atoms with Crippen LogP contribution in [0.2, 0.25) is 0 Å². The molecule has 0 atom stereocenters. The lowest BCUT2D eigenvalue weighted by molar-refractivity contribution is 0.578. The van der Waals surface area contributed by atoms with Crippen LogP contribution < -0.4 is 0 Å². The first kappa shape index (κ1) is 17.0. The number of aromatic nitrogens is 8. The van der Waals surface area contributed by atoms with Gasteiger partial charge in [0.25, 0.3) is 11.8 Å². The fraction of sp³-hybridized carbons (Fsp3) is 0.100. The van der Waals surface area contributed by atoms with Crippen molar-refractivity contribution in [3.63, 3.8) is 0 Å². The molecule has 3 heterocycles. The maximum atomic E-state index is 5.86. The van der Waals surface area contributed by atoms with Gasteiger partial charge in [0.1, 0.15) is 0 Å². The normalized spacial score (nSPS) is 11.1. The molecule has 5 rings (SSSR count). The molecule has 3 aromatic heterocycles. The van der Waals surface area contributed by atoms with Crippen molar-refractivity contribution in [1.29, 1.82) is 0 Å². The Balaban J connectivity index is 1.50. The average Bonchev–Trinajstić information content (AvgIpc) is 3.47. The van der Waals surface area contributed by atoms with Gasteiger partial charge in [-0.1, -0.05) is 46.8 Å². The van der Waals surface area contributed by atoms with E-state index in [1.165, 1.54) is 0 Å². The van der Waals surface area contributed by atoms with Gasteiger partial charge in [-0.2, -0.15) is 0 Å². The third-order valence-corrected chi connectivity index (χ3v) is 4.62. The van der Waals surface area contributed by atoms with Crippen LogP contribution in [0.15, 0.2) is 65.1 Å². The Labute approximate surface area is 165 Å². The predicted octanol–water partition coefficient (Wildman–Crippen LogP) is 3.18. The monoisotopic (exact) mass is 384 g/mol. The molecule has 0 aliphatic carbocycles. The van der Waals surface area contributed by atoms with Gasteiger partial charge in [0.05, 0.1) is 22.8 Å². The molecule has 142 valence electrons. The molecule has 0 saturated carbocycles. The molecule has 9 nitrogen and oxygen atoms in total. The molecular formula is C20H16N8O. The van der Waals surface area contributed by atoms with Crippen LogP contribution in [0.1, 0.15) is 11.4 Å². The largest absolute Gasteiger partial charge is 0.413 e. The van der Waals surface area contributed by atoms with E-state index in [2.05, 4.69) is 30.8 Å². The molecule has 0 aliphatic rings. The van der Waals surface area contributed by atoms with Crippen LogP contribution in [0, 0.1) is 13.8 Å². The zero-order valence-corrected chi connectivity index (χ0v) is 15.8. The highest BCUT2D eigenvalue weighted by Crippen LogP contribution is 2.26. The van der Waals surface area contributed by atoms with Crippen molar-refractivity contribution in [2.45, 2.75) is 13.8 Å². The van der Waals surface area contributed by atoms with Crippen molar-refractivity contribution in [2.75, 3.05) is 0 Å². The summed E-state index contributed by atoms with van der Waals surface area (Å²) in [6.45, 7) is 3.81. The lowest BCUT2D eigenvalue weighted by Gasteiger charge is -2.02. The number of hydrogen-bond acceptors (Lipinski definition) is 7. The summed E-state index contributed by atoms with van der Waals surface area (Å²) in [6, 6.07) is 19.5. The average molecular weight is 384 g/mol. The topological polar surface area (TPSA) is 100 Å². The van der Waals surface area contributed by atoms with Gasteiger partial charge in [-0.15, -0.1) is 20.4 Å². The molecule has 0 bridgehead atoms. The Hall–Kier alpha value is -4.14. The van der Waals surface area contributed by atoms with E-state index in [0.29, 0.717) is 11.4 Å². The van der Waals surface area contributed by atoms with E-state index in [1.807, 2.05) is 74.5 Å². The minimum Gasteiger partial charge on any atom is -0.413 e. The maximum Gasteiger partial charge on any atom is 0.270 e. The Bertz CT molecular complexity index is 1170. The van der Waals surface area contributed by atoms with Crippen LogP contribution in [0.25, 0.3) is 34.5 Å². The van der Waals surface area contributed by atoms with Crippen molar-refractivity contribution < 1.29 is 4.42 Å². The second-order valence-electron chi connectivity index (χ2n) is 6.45. The summed E-state index contributed by atoms with van der Waals surface area (Å²) >= 11 is 0. The quantitative estimate of drug-likeness (QED) is 0.469. The Morgan fingerprint density at radius 1 is 0.586 bits per heavy atom. The van der Waals surface area contributed by atoms with Gasteiger partial charge >= 0.3 is 0 Å². The molecule has 0 radical (unpaired) electrons. The summed E-state index contributed by atoms with van der Waals surface area (Å²) in [7, 11) is 0. The molecule has 0 spiro atoms. The Kier molecular flexibility index (Phi) is 3.98. The molecule has 0 amide bonds. The van der Waals surface area contributed by atoms with E-state index in [9.17, 15) is 0 Å². The minimum absolute atomic E-state index is 0.286. The van der Waals surface area contributed by atoms with E-state index < -0.39 is 0 Å². The first-order valence-electron chi connectivity index (χ1n) is 9.02. The van der Waals surface area contributed by atoms with Gasteiger partial charge < -0.3 is 4.42 Å². The molecule has 0 unspecified atom stereocenters. The summed E-state index contributed by atoms with van der Waals surface area (Å²) in [5.41, 5.74) is 4.48. The molecule has 0 saturated heterocycles. The molecule has 2 aromatic carbocycles. The smallest absolute Gasteiger partial charge is 0.270 e. The second kappa shape index (κ2) is 6.79. The fourth-order valence-corrected chi connectivity index (χ4v) is 3.10. The van der Waals surface area contributed by atoms with E-state index in [0.717, 1.165) is 22.8 Å². The number of para-hydroxylation sites is 2. The van der Waals surface area contributed by atoms with E-state index in [4.69, 9.17) is 4.42 Å². The van der Waals surface area contributed by atoms with Crippen LogP contribution in [0.3, 0.4) is 0 Å². The van der Waals surface area contributed by atoms with Crippen molar-refractivity contribution in [3.8, 4) is 34.5 Å². The highest BCUT2D eigenvalue weighted by atomic mass is 16.4. The SMILES string of the molecule is Cc1c(-c2nnc(-c3nnn(-c4ccccc4)c3C)o2)nnn1-c1ccccc1. The standard InChI is InChI=1S/C20H16N8O/c1-13-17(21-25-27(13)15-9-5-3-6-10-15)19-23-24-20(29-19)18-14(2)28(26-22-18)16-11-7-4-8-12-16/h3-12H,1-2H3. The third-order valence-electron chi connectivity index (χ3n) is 4.62. The highest BCUT2D eigenvalue weighted by molar-refractivity contribution is 5.56. The van der Waals surface area contributed by atoms with Gasteiger partial charge in [0.2, 0.25) is 0 Å². The van der Waals surface area contributed by atoms with Crippen LogP contribution in [-0.4, -0.2) is 40.2 Å². The van der Waals surface area contributed by atoms with E-state index in [-0.39, 0.29) is 11.8 Å². The van der Waals surface area contributed by atoms with E-state index >= 15 is 0 Å². The summed E-state index contributed by atoms with van der Waals surface area (Å²) in [5.74, 6) is 0.571. The predicted molar refractivity (Wildman–Crippen MR) is 104 cm³/mol. The van der Waals surface area contributed by atoms with Crippen LogP contribution >= 0.6 is 0 Å². The Morgan fingerprint density at radius 2 is 1.00 bits per heavy atom. The molecule has 0 aliphatic heterocycles. The fourth-order valence-electron chi connectivity index (χ4n) is 3.10. The zero-order chi connectivity index (χ0) is 19.8. The van der Waals surface area contributed by atoms with Crippen molar-refractivity contribution in [2.24, 2.45) is 0 Å². The Morgan fingerprint density at radius 3 is 1.41 bits per heavy atom. The molecule has 0 N–H and O–H groups in total. The second-order valence-corrected chi connectivity index (χ2v) is 6.45. The lowest BCUT2D eigenvalue weighted by atomic mass is 10.3. The van der Waals surface area contributed by atoms with Gasteiger partial charge in [-0.05, 0) is 38.1 Å². The zero-order valence-electron chi connectivity index (χ0n) is 15.8. The van der Waals surface area contributed by atoms with Crippen molar-refractivity contribution >= 4 is 0 Å². The third kappa shape index (κ3) is 2.89. The van der Waals surface area contributed by atoms with Gasteiger partial charge in [-0.3, -0.25) is 0 Å². The molecule has 0 fully saturated rings. The first-order chi connectivity index (χ1) is 14.2. The molecular weight excluding hydrogens is 368 g/mol. The van der Waals surface area contributed by atoms with E-state index in [1.54, 1.807) is 9.36 Å². The number of benzene rings is 2. The molecule has 5 aromatic rings. The summed E-state index contributed by atoms with van der Waals surface area (Å²) < 4.78 is 9.33. The van der Waals surface area contributed by atoms with Gasteiger partial charge in [0.15, 0.2) is 11.4 Å². The van der Waals surface area contributed by atoms with Crippen molar-refractivity contribution in [3.05, 3.63) is 72.1 Å². The van der Waals surface area contributed by atoms with Gasteiger partial charge in [-0.25, -0.2) is 9.36 Å². The summed E-state index contributed by atoms with van der Waals surface area (Å²) in [6.07, 6.45) is 0. The number of nitrogens with zero attached hydrogens (tertiary/aromatic N) is 8. The number of hydrogen-bond donors (Lipinski definition) is 0. The lowest BCUT2D eigenvalue weighted by Crippen LogP contribution is -1.98. The van der Waals surface area contributed by atoms with Crippen LogP contribution in [0.4, 0.5) is 0 Å². The van der Waals surface area contributed by atoms with Crippen molar-refractivity contribution in [1.82, 2.24) is 40.2 Å². The van der Waals surface area contributed by atoms with Gasteiger partial charge in [0, 0.05) is 0 Å². The number of rotatable bonds is 4. The van der Waals surface area contributed by atoms with Crippen LogP contribution in [-0.2, 0) is 0 Å². The first-order valence-corrected chi connectivity index (χ1v) is 9.02. The summed E-state index contributed by atoms with van der Waals surface area (Å²) in [4.78, 5) is 0. The highest BCUT2D eigenvalue weighted by Gasteiger charge is 2.22.